The van der Waals surface area contributed by atoms with Crippen LogP contribution in [0.4, 0.5) is 8.78 Å². The first-order valence-electron chi connectivity index (χ1n) is 7.24. The Morgan fingerprint density at radius 3 is 2.60 bits per heavy atom. The number of aromatic nitrogens is 2. The van der Waals surface area contributed by atoms with Crippen LogP contribution in [0.5, 0.6) is 11.5 Å². The third-order valence-corrected chi connectivity index (χ3v) is 4.29. The van der Waals surface area contributed by atoms with Crippen LogP contribution in [0.3, 0.4) is 0 Å². The number of halogens is 2. The Morgan fingerprint density at radius 2 is 1.84 bits per heavy atom. The topological polar surface area (TPSA) is 57.4 Å². The second-order valence-corrected chi connectivity index (χ2v) is 5.87. The van der Waals surface area contributed by atoms with E-state index in [1.54, 1.807) is 25.3 Å². The van der Waals surface area contributed by atoms with E-state index in [9.17, 15) is 8.78 Å². The van der Waals surface area contributed by atoms with Gasteiger partial charge < -0.3 is 13.9 Å². The van der Waals surface area contributed by atoms with Crippen LogP contribution in [0.1, 0.15) is 5.56 Å². The summed E-state index contributed by atoms with van der Waals surface area (Å²) in [5.41, 5.74) is 0.893. The van der Waals surface area contributed by atoms with Crippen LogP contribution in [0.15, 0.2) is 46.0 Å². The van der Waals surface area contributed by atoms with Crippen molar-refractivity contribution < 1.29 is 22.7 Å². The molecule has 1 aromatic heterocycles. The van der Waals surface area contributed by atoms with Gasteiger partial charge in [-0.3, -0.25) is 0 Å². The minimum atomic E-state index is -0.880. The van der Waals surface area contributed by atoms with Gasteiger partial charge in [-0.2, -0.15) is 0 Å². The maximum absolute atomic E-state index is 13.6. The molecule has 8 heteroatoms. The quantitative estimate of drug-likeness (QED) is 0.607. The minimum Gasteiger partial charge on any atom is -0.493 e. The highest BCUT2D eigenvalue weighted by Crippen LogP contribution is 2.33. The predicted octanol–water partition coefficient (Wildman–Crippen LogP) is 4.32. The molecule has 0 aliphatic rings. The van der Waals surface area contributed by atoms with E-state index in [-0.39, 0.29) is 16.5 Å². The van der Waals surface area contributed by atoms with Crippen molar-refractivity contribution in [3.05, 3.63) is 53.6 Å². The standard InChI is InChI=1S/C17H14F2N2O3S/c1-22-13-7-6-10(8-14(13)23-2)16-20-21-17(24-16)25-9-11-4-3-5-12(18)15(11)19/h3-8H,9H2,1-2H3. The van der Waals surface area contributed by atoms with Gasteiger partial charge in [-0.1, -0.05) is 23.9 Å². The SMILES string of the molecule is COc1ccc(-c2nnc(SCc3cccc(F)c3F)o2)cc1OC. The highest BCUT2D eigenvalue weighted by Gasteiger charge is 2.14. The lowest BCUT2D eigenvalue weighted by molar-refractivity contribution is 0.355. The summed E-state index contributed by atoms with van der Waals surface area (Å²) in [4.78, 5) is 0. The van der Waals surface area contributed by atoms with Crippen LogP contribution >= 0.6 is 11.8 Å². The van der Waals surface area contributed by atoms with Crippen LogP contribution in [-0.2, 0) is 5.75 Å². The van der Waals surface area contributed by atoms with E-state index in [4.69, 9.17) is 13.9 Å². The molecule has 3 rings (SSSR count). The average molecular weight is 364 g/mol. The second-order valence-electron chi connectivity index (χ2n) is 4.94. The zero-order chi connectivity index (χ0) is 17.8. The molecular weight excluding hydrogens is 350 g/mol. The molecule has 0 N–H and O–H groups in total. The lowest BCUT2D eigenvalue weighted by Gasteiger charge is -2.07. The van der Waals surface area contributed by atoms with Gasteiger partial charge in [0.15, 0.2) is 23.1 Å². The van der Waals surface area contributed by atoms with Crippen molar-refractivity contribution in [2.75, 3.05) is 14.2 Å². The Kier molecular flexibility index (Phi) is 5.18. The number of hydrogen-bond donors (Lipinski definition) is 0. The molecule has 5 nitrogen and oxygen atoms in total. The van der Waals surface area contributed by atoms with E-state index in [1.165, 1.54) is 19.2 Å². The Balaban J connectivity index is 1.75. The fourth-order valence-electron chi connectivity index (χ4n) is 2.15. The number of methoxy groups -OCH3 is 2. The molecule has 0 fully saturated rings. The molecule has 0 unspecified atom stereocenters. The van der Waals surface area contributed by atoms with Crippen molar-refractivity contribution in [1.29, 1.82) is 0 Å². The maximum Gasteiger partial charge on any atom is 0.277 e. The van der Waals surface area contributed by atoms with Crippen LogP contribution in [-0.4, -0.2) is 24.4 Å². The summed E-state index contributed by atoms with van der Waals surface area (Å²) in [5, 5.41) is 8.14. The Bertz CT molecular complexity index is 886. The first kappa shape index (κ1) is 17.2. The molecular formula is C17H14F2N2O3S. The van der Waals surface area contributed by atoms with Gasteiger partial charge in [0.2, 0.25) is 5.89 Å². The van der Waals surface area contributed by atoms with Crippen LogP contribution < -0.4 is 9.47 Å². The molecule has 0 amide bonds. The fourth-order valence-corrected chi connectivity index (χ4v) is 2.89. The maximum atomic E-state index is 13.6. The molecule has 0 spiro atoms. The Morgan fingerprint density at radius 1 is 1.04 bits per heavy atom. The lowest BCUT2D eigenvalue weighted by Crippen LogP contribution is -1.91. The van der Waals surface area contributed by atoms with Gasteiger partial charge in [0.1, 0.15) is 0 Å². The molecule has 0 radical (unpaired) electrons. The highest BCUT2D eigenvalue weighted by atomic mass is 32.2. The van der Waals surface area contributed by atoms with Gasteiger partial charge in [-0.25, -0.2) is 8.78 Å². The molecule has 0 saturated carbocycles. The van der Waals surface area contributed by atoms with Gasteiger partial charge in [0, 0.05) is 16.9 Å². The highest BCUT2D eigenvalue weighted by molar-refractivity contribution is 7.98. The Hall–Kier alpha value is -2.61. The molecule has 2 aromatic carbocycles. The third kappa shape index (κ3) is 3.74. The molecule has 0 aliphatic heterocycles. The van der Waals surface area contributed by atoms with Crippen molar-refractivity contribution in [3.63, 3.8) is 0 Å². The number of benzene rings is 2. The molecule has 0 atom stereocenters. The van der Waals surface area contributed by atoms with Crippen LogP contribution in [0.25, 0.3) is 11.5 Å². The molecule has 0 aliphatic carbocycles. The van der Waals surface area contributed by atoms with Crippen molar-refractivity contribution in [2.45, 2.75) is 11.0 Å². The first-order valence-corrected chi connectivity index (χ1v) is 8.22. The summed E-state index contributed by atoms with van der Waals surface area (Å²) in [6, 6.07) is 9.25. The largest absolute Gasteiger partial charge is 0.493 e. The van der Waals surface area contributed by atoms with Gasteiger partial charge in [0.05, 0.1) is 14.2 Å². The van der Waals surface area contributed by atoms with E-state index in [2.05, 4.69) is 10.2 Å². The molecule has 130 valence electrons. The molecule has 0 saturated heterocycles. The van der Waals surface area contributed by atoms with E-state index in [0.717, 1.165) is 17.8 Å². The van der Waals surface area contributed by atoms with Crippen LogP contribution in [0.2, 0.25) is 0 Å². The number of hydrogen-bond acceptors (Lipinski definition) is 6. The third-order valence-electron chi connectivity index (χ3n) is 3.42. The minimum absolute atomic E-state index is 0.178. The zero-order valence-electron chi connectivity index (χ0n) is 13.5. The van der Waals surface area contributed by atoms with Crippen molar-refractivity contribution >= 4 is 11.8 Å². The fraction of sp³-hybridized carbons (Fsp3) is 0.176. The average Bonchev–Trinajstić information content (AvgIpc) is 3.11. The van der Waals surface area contributed by atoms with Crippen LogP contribution in [0, 0.1) is 11.6 Å². The number of ether oxygens (including phenoxy) is 2. The summed E-state index contributed by atoms with van der Waals surface area (Å²) in [6.45, 7) is 0. The monoisotopic (exact) mass is 364 g/mol. The smallest absolute Gasteiger partial charge is 0.277 e. The summed E-state index contributed by atoms with van der Waals surface area (Å²) in [5.74, 6) is -0.152. The Labute approximate surface area is 147 Å². The zero-order valence-corrected chi connectivity index (χ0v) is 14.3. The van der Waals surface area contributed by atoms with Crippen molar-refractivity contribution in [2.24, 2.45) is 0 Å². The van der Waals surface area contributed by atoms with Crippen molar-refractivity contribution in [3.8, 4) is 23.0 Å². The summed E-state index contributed by atoms with van der Waals surface area (Å²) in [7, 11) is 3.08. The number of nitrogens with zero attached hydrogens (tertiary/aromatic N) is 2. The van der Waals surface area contributed by atoms with Crippen molar-refractivity contribution in [1.82, 2.24) is 10.2 Å². The number of thioether (sulfide) groups is 1. The summed E-state index contributed by atoms with van der Waals surface area (Å²) < 4.78 is 42.8. The predicted molar refractivity (Wildman–Crippen MR) is 88.8 cm³/mol. The molecule has 25 heavy (non-hydrogen) atoms. The normalized spacial score (nSPS) is 10.7. The second kappa shape index (κ2) is 7.52. The van der Waals surface area contributed by atoms with Gasteiger partial charge in [-0.15, -0.1) is 10.2 Å². The number of rotatable bonds is 6. The van der Waals surface area contributed by atoms with E-state index >= 15 is 0 Å². The van der Waals surface area contributed by atoms with E-state index < -0.39 is 11.6 Å². The molecule has 3 aromatic rings. The summed E-state index contributed by atoms with van der Waals surface area (Å²) in [6.07, 6.45) is 0. The molecule has 1 heterocycles. The van der Waals surface area contributed by atoms with Gasteiger partial charge in [-0.05, 0) is 24.3 Å². The summed E-state index contributed by atoms with van der Waals surface area (Å²) >= 11 is 1.13. The lowest BCUT2D eigenvalue weighted by atomic mass is 10.2. The van der Waals surface area contributed by atoms with E-state index in [0.29, 0.717) is 23.0 Å². The van der Waals surface area contributed by atoms with Gasteiger partial charge in [0.25, 0.3) is 5.22 Å². The van der Waals surface area contributed by atoms with Gasteiger partial charge >= 0.3 is 0 Å². The van der Waals surface area contributed by atoms with E-state index in [1.807, 2.05) is 0 Å². The molecule has 0 bridgehead atoms. The first-order chi connectivity index (χ1) is 12.1.